The predicted molar refractivity (Wildman–Crippen MR) is 112 cm³/mol. The van der Waals surface area contributed by atoms with Crippen LogP contribution in [0.4, 0.5) is 11.4 Å². The first-order chi connectivity index (χ1) is 13.8. The Morgan fingerprint density at radius 2 is 1.79 bits per heavy atom. The van der Waals surface area contributed by atoms with Crippen molar-refractivity contribution in [2.45, 2.75) is 45.6 Å². The average Bonchev–Trinajstić information content (AvgIpc) is 3.14. The van der Waals surface area contributed by atoms with E-state index in [2.05, 4.69) is 19.2 Å². The van der Waals surface area contributed by atoms with E-state index in [4.69, 9.17) is 4.74 Å². The third kappa shape index (κ3) is 5.02. The van der Waals surface area contributed by atoms with Crippen molar-refractivity contribution < 1.29 is 19.1 Å². The van der Waals surface area contributed by atoms with E-state index < -0.39 is 18.0 Å². The molecule has 0 unspecified atom stereocenters. The highest BCUT2D eigenvalue weighted by molar-refractivity contribution is 5.99. The third-order valence-corrected chi connectivity index (χ3v) is 4.96. The molecule has 3 rings (SSSR count). The summed E-state index contributed by atoms with van der Waals surface area (Å²) < 4.78 is 5.32. The van der Waals surface area contributed by atoms with Crippen molar-refractivity contribution in [1.82, 2.24) is 0 Å². The van der Waals surface area contributed by atoms with Crippen molar-refractivity contribution in [1.29, 1.82) is 0 Å². The summed E-state index contributed by atoms with van der Waals surface area (Å²) in [5, 5.41) is 2.76. The number of ether oxygens (including phenoxy) is 1. The van der Waals surface area contributed by atoms with E-state index in [0.717, 1.165) is 6.42 Å². The van der Waals surface area contributed by atoms with Crippen molar-refractivity contribution in [3.8, 4) is 0 Å². The maximum Gasteiger partial charge on any atom is 0.338 e. The van der Waals surface area contributed by atoms with Gasteiger partial charge in [-0.05, 0) is 55.2 Å². The van der Waals surface area contributed by atoms with Crippen LogP contribution in [-0.4, -0.2) is 30.4 Å². The average molecular weight is 394 g/mol. The molecule has 0 saturated carbocycles. The molecule has 1 saturated heterocycles. The van der Waals surface area contributed by atoms with Crippen LogP contribution < -0.4 is 10.2 Å². The van der Waals surface area contributed by atoms with Crippen molar-refractivity contribution >= 4 is 29.2 Å². The normalized spacial score (nSPS) is 14.8. The summed E-state index contributed by atoms with van der Waals surface area (Å²) in [5.41, 5.74) is 2.81. The molecule has 0 radical (unpaired) electrons. The number of nitrogens with zero attached hydrogens (tertiary/aromatic N) is 1. The number of anilines is 2. The molecule has 0 bridgehead atoms. The molecule has 1 aliphatic rings. The van der Waals surface area contributed by atoms with Gasteiger partial charge in [0.2, 0.25) is 5.91 Å². The fraction of sp³-hybridized carbons (Fsp3) is 0.348. The molecule has 6 nitrogen and oxygen atoms in total. The Bertz CT molecular complexity index is 905. The molecule has 29 heavy (non-hydrogen) atoms. The first-order valence-electron chi connectivity index (χ1n) is 9.87. The molecule has 2 aromatic rings. The molecule has 2 amide bonds. The largest absolute Gasteiger partial charge is 0.449 e. The van der Waals surface area contributed by atoms with Crippen LogP contribution >= 0.6 is 0 Å². The summed E-state index contributed by atoms with van der Waals surface area (Å²) in [7, 11) is 0. The maximum absolute atomic E-state index is 12.5. The molecule has 6 heteroatoms. The lowest BCUT2D eigenvalue weighted by Crippen LogP contribution is -2.30. The summed E-state index contributed by atoms with van der Waals surface area (Å²) in [5.74, 6) is -0.546. The zero-order valence-corrected chi connectivity index (χ0v) is 17.0. The van der Waals surface area contributed by atoms with Crippen LogP contribution in [0.5, 0.6) is 0 Å². The van der Waals surface area contributed by atoms with Gasteiger partial charge in [0.15, 0.2) is 6.10 Å². The fourth-order valence-electron chi connectivity index (χ4n) is 3.20. The quantitative estimate of drug-likeness (QED) is 0.748. The van der Waals surface area contributed by atoms with Crippen LogP contribution in [0.25, 0.3) is 0 Å². The first-order valence-corrected chi connectivity index (χ1v) is 9.87. The van der Waals surface area contributed by atoms with Crippen LogP contribution in [0, 0.1) is 0 Å². The minimum absolute atomic E-state index is 0.0479. The van der Waals surface area contributed by atoms with Gasteiger partial charge in [0, 0.05) is 24.3 Å². The maximum atomic E-state index is 12.5. The van der Waals surface area contributed by atoms with E-state index in [1.807, 2.05) is 24.3 Å². The lowest BCUT2D eigenvalue weighted by atomic mass is 10.0. The zero-order chi connectivity index (χ0) is 21.0. The van der Waals surface area contributed by atoms with Crippen LogP contribution in [0.2, 0.25) is 0 Å². The molecule has 1 aliphatic heterocycles. The number of benzene rings is 2. The molecule has 1 atom stereocenters. The highest BCUT2D eigenvalue weighted by atomic mass is 16.5. The van der Waals surface area contributed by atoms with Crippen molar-refractivity contribution in [3.05, 3.63) is 59.7 Å². The molecule has 0 aromatic heterocycles. The molecular weight excluding hydrogens is 368 g/mol. The Kier molecular flexibility index (Phi) is 6.32. The SMILES string of the molecule is CC(C)c1ccc(NC(=O)[C@H](C)OC(=O)c2cccc(N3CCCC3=O)c2)cc1. The minimum atomic E-state index is -0.954. The molecule has 1 N–H and O–H groups in total. The molecular formula is C23H26N2O4. The van der Waals surface area contributed by atoms with Crippen LogP contribution in [0.1, 0.15) is 55.5 Å². The molecule has 2 aromatic carbocycles. The molecule has 0 aliphatic carbocycles. The summed E-state index contributed by atoms with van der Waals surface area (Å²) >= 11 is 0. The summed E-state index contributed by atoms with van der Waals surface area (Å²) in [6.45, 7) is 6.38. The van der Waals surface area contributed by atoms with E-state index in [1.54, 1.807) is 29.2 Å². The molecule has 0 spiro atoms. The lowest BCUT2D eigenvalue weighted by molar-refractivity contribution is -0.123. The zero-order valence-electron chi connectivity index (χ0n) is 17.0. The van der Waals surface area contributed by atoms with Gasteiger partial charge in [0.1, 0.15) is 0 Å². The van der Waals surface area contributed by atoms with E-state index >= 15 is 0 Å². The van der Waals surface area contributed by atoms with Crippen molar-refractivity contribution in [2.75, 3.05) is 16.8 Å². The highest BCUT2D eigenvalue weighted by Crippen LogP contribution is 2.23. The second kappa shape index (κ2) is 8.90. The van der Waals surface area contributed by atoms with Gasteiger partial charge in [-0.1, -0.05) is 32.0 Å². The van der Waals surface area contributed by atoms with Gasteiger partial charge in [0.05, 0.1) is 5.56 Å². The van der Waals surface area contributed by atoms with E-state index in [1.165, 1.54) is 12.5 Å². The number of esters is 1. The van der Waals surface area contributed by atoms with Gasteiger partial charge in [-0.25, -0.2) is 4.79 Å². The number of carbonyl (C=O) groups is 3. The molecule has 1 heterocycles. The minimum Gasteiger partial charge on any atom is -0.449 e. The van der Waals surface area contributed by atoms with Gasteiger partial charge < -0.3 is 15.0 Å². The van der Waals surface area contributed by atoms with Crippen LogP contribution in [0.3, 0.4) is 0 Å². The van der Waals surface area contributed by atoms with Gasteiger partial charge in [-0.2, -0.15) is 0 Å². The number of rotatable bonds is 6. The Morgan fingerprint density at radius 3 is 2.41 bits per heavy atom. The summed E-state index contributed by atoms with van der Waals surface area (Å²) in [6.07, 6.45) is 0.372. The smallest absolute Gasteiger partial charge is 0.338 e. The van der Waals surface area contributed by atoms with Gasteiger partial charge in [-0.15, -0.1) is 0 Å². The van der Waals surface area contributed by atoms with Gasteiger partial charge in [-0.3, -0.25) is 9.59 Å². The standard InChI is InChI=1S/C23H26N2O4/c1-15(2)17-9-11-19(12-10-17)24-22(27)16(3)29-23(28)18-6-4-7-20(14-18)25-13-5-8-21(25)26/h4,6-7,9-12,14-16H,5,8,13H2,1-3H3,(H,24,27)/t16-/m0/s1. The van der Waals surface area contributed by atoms with Crippen LogP contribution in [0.15, 0.2) is 48.5 Å². The number of hydrogen-bond donors (Lipinski definition) is 1. The number of nitrogens with one attached hydrogen (secondary N) is 1. The summed E-state index contributed by atoms with van der Waals surface area (Å²) in [6, 6.07) is 14.3. The molecule has 152 valence electrons. The van der Waals surface area contributed by atoms with Gasteiger partial charge >= 0.3 is 5.97 Å². The topological polar surface area (TPSA) is 75.7 Å². The second-order valence-corrected chi connectivity index (χ2v) is 7.51. The van der Waals surface area contributed by atoms with Crippen molar-refractivity contribution in [3.63, 3.8) is 0 Å². The predicted octanol–water partition coefficient (Wildman–Crippen LogP) is 4.12. The van der Waals surface area contributed by atoms with Crippen LogP contribution in [-0.2, 0) is 14.3 Å². The number of hydrogen-bond acceptors (Lipinski definition) is 4. The van der Waals surface area contributed by atoms with E-state index in [9.17, 15) is 14.4 Å². The number of carbonyl (C=O) groups excluding carboxylic acids is 3. The fourth-order valence-corrected chi connectivity index (χ4v) is 3.20. The van der Waals surface area contributed by atoms with E-state index in [0.29, 0.717) is 35.8 Å². The first kappa shape index (κ1) is 20.6. The highest BCUT2D eigenvalue weighted by Gasteiger charge is 2.24. The van der Waals surface area contributed by atoms with E-state index in [-0.39, 0.29) is 5.91 Å². The Balaban J connectivity index is 1.61. The lowest BCUT2D eigenvalue weighted by Gasteiger charge is -2.17. The Morgan fingerprint density at radius 1 is 1.07 bits per heavy atom. The Hall–Kier alpha value is -3.15. The second-order valence-electron chi connectivity index (χ2n) is 7.51. The monoisotopic (exact) mass is 394 g/mol. The number of amides is 2. The van der Waals surface area contributed by atoms with Crippen molar-refractivity contribution in [2.24, 2.45) is 0 Å². The van der Waals surface area contributed by atoms with Gasteiger partial charge in [0.25, 0.3) is 5.91 Å². The molecule has 1 fully saturated rings. The third-order valence-electron chi connectivity index (χ3n) is 4.96. The Labute approximate surface area is 170 Å². The summed E-state index contributed by atoms with van der Waals surface area (Å²) in [4.78, 5) is 38.4.